The maximum atomic E-state index is 5.72. The Morgan fingerprint density at radius 3 is 1.85 bits per heavy atom. The molecule has 1 aliphatic heterocycles. The maximum Gasteiger partial charge on any atom is 0.198 e. The number of nitrogens with zero attached hydrogens (tertiary/aromatic N) is 5. The third-order valence-corrected chi connectivity index (χ3v) is 7.16. The van der Waals surface area contributed by atoms with E-state index in [1.54, 1.807) is 0 Å². The summed E-state index contributed by atoms with van der Waals surface area (Å²) in [6.07, 6.45) is 0.789. The predicted molar refractivity (Wildman–Crippen MR) is 139 cm³/mol. The van der Waals surface area contributed by atoms with Crippen LogP contribution in [0.15, 0.2) is 91.0 Å². The molecule has 1 fully saturated rings. The molecule has 4 aromatic rings. The average molecular weight is 470 g/mol. The van der Waals surface area contributed by atoms with Gasteiger partial charge in [-0.05, 0) is 28.9 Å². The highest BCUT2D eigenvalue weighted by molar-refractivity contribution is 7.71. The van der Waals surface area contributed by atoms with E-state index in [1.807, 2.05) is 22.4 Å². The van der Waals surface area contributed by atoms with Gasteiger partial charge in [0.2, 0.25) is 0 Å². The van der Waals surface area contributed by atoms with Crippen molar-refractivity contribution < 1.29 is 0 Å². The molecule has 2 heterocycles. The Hall–Kier alpha value is -3.06. The normalized spacial score (nSPS) is 15.1. The van der Waals surface area contributed by atoms with Crippen LogP contribution in [0.4, 0.5) is 0 Å². The molecule has 0 saturated carbocycles. The number of piperazine rings is 1. The molecule has 6 heteroatoms. The molecule has 0 unspecified atom stereocenters. The van der Waals surface area contributed by atoms with Gasteiger partial charge in [0.1, 0.15) is 5.82 Å². The van der Waals surface area contributed by atoms with Gasteiger partial charge < -0.3 is 4.57 Å². The van der Waals surface area contributed by atoms with Gasteiger partial charge in [0.05, 0.1) is 12.7 Å². The van der Waals surface area contributed by atoms with Gasteiger partial charge in [-0.2, -0.15) is 5.10 Å². The van der Waals surface area contributed by atoms with Crippen LogP contribution in [0.3, 0.4) is 0 Å². The predicted octanol–water partition coefficient (Wildman–Crippen LogP) is 4.91. The van der Waals surface area contributed by atoms with Crippen LogP contribution in [0.2, 0.25) is 0 Å². The Morgan fingerprint density at radius 2 is 1.29 bits per heavy atom. The summed E-state index contributed by atoms with van der Waals surface area (Å²) in [5.41, 5.74) is 3.94. The summed E-state index contributed by atoms with van der Waals surface area (Å²) >= 11 is 5.72. The Balaban J connectivity index is 1.27. The van der Waals surface area contributed by atoms with Crippen molar-refractivity contribution in [1.82, 2.24) is 24.1 Å². The Kier molecular flexibility index (Phi) is 7.00. The van der Waals surface area contributed by atoms with Crippen molar-refractivity contribution in [2.24, 2.45) is 7.05 Å². The standard InChI is InChI=1S/C28H31N5S/c1-30-26(21-23-11-5-2-6-12-23)29-33(28(30)34)22-31-17-19-32(20-18-31)27(24-13-7-3-8-14-24)25-15-9-4-10-16-25/h2-16,27H,17-22H2,1H3. The molecule has 0 atom stereocenters. The lowest BCUT2D eigenvalue weighted by Crippen LogP contribution is -2.48. The number of aromatic nitrogens is 3. The second kappa shape index (κ2) is 10.5. The minimum Gasteiger partial charge on any atom is -0.307 e. The number of hydrogen-bond donors (Lipinski definition) is 0. The molecule has 1 aliphatic rings. The fourth-order valence-electron chi connectivity index (χ4n) is 4.79. The lowest BCUT2D eigenvalue weighted by molar-refractivity contribution is 0.0843. The second-order valence-corrected chi connectivity index (χ2v) is 9.30. The van der Waals surface area contributed by atoms with E-state index in [2.05, 4.69) is 94.7 Å². The first kappa shape index (κ1) is 22.7. The molecule has 0 aliphatic carbocycles. The van der Waals surface area contributed by atoms with E-state index in [0.29, 0.717) is 0 Å². The van der Waals surface area contributed by atoms with Crippen molar-refractivity contribution in [3.8, 4) is 0 Å². The van der Waals surface area contributed by atoms with Crippen molar-refractivity contribution in [2.45, 2.75) is 19.1 Å². The van der Waals surface area contributed by atoms with Gasteiger partial charge >= 0.3 is 0 Å². The number of hydrogen-bond acceptors (Lipinski definition) is 4. The fourth-order valence-corrected chi connectivity index (χ4v) is 5.00. The van der Waals surface area contributed by atoms with Crippen LogP contribution in [0.5, 0.6) is 0 Å². The molecule has 174 valence electrons. The lowest BCUT2D eigenvalue weighted by atomic mass is 9.96. The number of benzene rings is 3. The van der Waals surface area contributed by atoms with Gasteiger partial charge in [-0.15, -0.1) is 0 Å². The van der Waals surface area contributed by atoms with Gasteiger partial charge in [-0.3, -0.25) is 9.80 Å². The monoisotopic (exact) mass is 469 g/mol. The van der Waals surface area contributed by atoms with E-state index >= 15 is 0 Å². The SMILES string of the molecule is Cn1c(Cc2ccccc2)nn(CN2CCN(C(c3ccccc3)c3ccccc3)CC2)c1=S. The van der Waals surface area contributed by atoms with Crippen molar-refractivity contribution >= 4 is 12.2 Å². The zero-order valence-corrected chi connectivity index (χ0v) is 20.4. The summed E-state index contributed by atoms with van der Waals surface area (Å²) < 4.78 is 4.80. The maximum absolute atomic E-state index is 5.72. The molecule has 0 N–H and O–H groups in total. The highest BCUT2D eigenvalue weighted by Gasteiger charge is 2.26. The van der Waals surface area contributed by atoms with Gasteiger partial charge in [-0.25, -0.2) is 4.68 Å². The summed E-state index contributed by atoms with van der Waals surface area (Å²) in [5, 5.41) is 4.87. The van der Waals surface area contributed by atoms with E-state index < -0.39 is 0 Å². The van der Waals surface area contributed by atoms with E-state index in [9.17, 15) is 0 Å². The van der Waals surface area contributed by atoms with Crippen LogP contribution in [0.25, 0.3) is 0 Å². The lowest BCUT2D eigenvalue weighted by Gasteiger charge is -2.39. The molecule has 3 aromatic carbocycles. The summed E-state index contributed by atoms with van der Waals surface area (Å²) in [7, 11) is 2.02. The number of rotatable bonds is 7. The third kappa shape index (κ3) is 5.04. The van der Waals surface area contributed by atoms with Crippen LogP contribution in [-0.4, -0.2) is 50.3 Å². The first-order valence-corrected chi connectivity index (χ1v) is 12.3. The zero-order valence-electron chi connectivity index (χ0n) is 19.6. The quantitative estimate of drug-likeness (QED) is 0.360. The highest BCUT2D eigenvalue weighted by atomic mass is 32.1. The van der Waals surface area contributed by atoms with Crippen LogP contribution < -0.4 is 0 Å². The molecule has 0 amide bonds. The molecule has 0 bridgehead atoms. The van der Waals surface area contributed by atoms with Crippen LogP contribution >= 0.6 is 12.2 Å². The summed E-state index contributed by atoms with van der Waals surface area (Å²) in [6.45, 7) is 4.72. The Morgan fingerprint density at radius 1 is 0.765 bits per heavy atom. The van der Waals surface area contributed by atoms with Gasteiger partial charge in [-0.1, -0.05) is 91.0 Å². The van der Waals surface area contributed by atoms with E-state index in [-0.39, 0.29) is 6.04 Å². The minimum atomic E-state index is 0.277. The van der Waals surface area contributed by atoms with Crippen molar-refractivity contribution in [2.75, 3.05) is 26.2 Å². The molecular formula is C28H31N5S. The molecule has 1 saturated heterocycles. The third-order valence-electron chi connectivity index (χ3n) is 6.67. The van der Waals surface area contributed by atoms with Gasteiger partial charge in [0.25, 0.3) is 0 Å². The van der Waals surface area contributed by atoms with Crippen molar-refractivity contribution in [3.63, 3.8) is 0 Å². The van der Waals surface area contributed by atoms with Crippen LogP contribution in [0, 0.1) is 4.77 Å². The molecular weight excluding hydrogens is 438 g/mol. The van der Waals surface area contributed by atoms with E-state index in [0.717, 1.165) is 49.9 Å². The van der Waals surface area contributed by atoms with Crippen LogP contribution in [-0.2, 0) is 20.1 Å². The molecule has 0 radical (unpaired) electrons. The fraction of sp³-hybridized carbons (Fsp3) is 0.286. The smallest absolute Gasteiger partial charge is 0.198 e. The van der Waals surface area contributed by atoms with E-state index in [1.165, 1.54) is 16.7 Å². The minimum absolute atomic E-state index is 0.277. The first-order valence-electron chi connectivity index (χ1n) is 11.9. The van der Waals surface area contributed by atoms with Gasteiger partial charge in [0.15, 0.2) is 4.77 Å². The highest BCUT2D eigenvalue weighted by Crippen LogP contribution is 2.29. The first-order chi connectivity index (χ1) is 16.7. The molecule has 34 heavy (non-hydrogen) atoms. The van der Waals surface area contributed by atoms with Crippen molar-refractivity contribution in [3.05, 3.63) is 118 Å². The summed E-state index contributed by atoms with van der Waals surface area (Å²) in [4.78, 5) is 5.05. The topological polar surface area (TPSA) is 29.2 Å². The molecule has 1 aromatic heterocycles. The average Bonchev–Trinajstić information content (AvgIpc) is 3.15. The Labute approximate surface area is 206 Å². The van der Waals surface area contributed by atoms with E-state index in [4.69, 9.17) is 17.3 Å². The van der Waals surface area contributed by atoms with Crippen molar-refractivity contribution in [1.29, 1.82) is 0 Å². The second-order valence-electron chi connectivity index (χ2n) is 8.94. The van der Waals surface area contributed by atoms with Crippen LogP contribution in [0.1, 0.15) is 28.6 Å². The summed E-state index contributed by atoms with van der Waals surface area (Å²) in [6, 6.07) is 32.4. The Bertz CT molecular complexity index is 1200. The molecule has 5 rings (SSSR count). The molecule has 5 nitrogen and oxygen atoms in total. The summed E-state index contributed by atoms with van der Waals surface area (Å²) in [5.74, 6) is 1.00. The van der Waals surface area contributed by atoms with Gasteiger partial charge in [0, 0.05) is 39.6 Å². The zero-order chi connectivity index (χ0) is 23.3. The largest absolute Gasteiger partial charge is 0.307 e. The molecule has 0 spiro atoms.